The Morgan fingerprint density at radius 1 is 1.00 bits per heavy atom. The maximum atomic E-state index is 11.9. The zero-order valence-corrected chi connectivity index (χ0v) is 16.2. The number of nitrogens with one attached hydrogen (secondary N) is 1. The maximum absolute atomic E-state index is 11.9. The number of carbonyl (C=O) groups is 1. The molecule has 2 aromatic carbocycles. The molecule has 4 heteroatoms. The van der Waals surface area contributed by atoms with Crippen LogP contribution in [-0.2, 0) is 19.4 Å². The van der Waals surface area contributed by atoms with Crippen LogP contribution in [0.2, 0.25) is 0 Å². The summed E-state index contributed by atoms with van der Waals surface area (Å²) >= 11 is 1.48. The molecule has 0 radical (unpaired) electrons. The van der Waals surface area contributed by atoms with E-state index in [1.165, 1.54) is 33.7 Å². The molecule has 0 spiro atoms. The van der Waals surface area contributed by atoms with E-state index in [0.717, 1.165) is 37.2 Å². The zero-order chi connectivity index (χ0) is 18.5. The summed E-state index contributed by atoms with van der Waals surface area (Å²) in [6.45, 7) is 2.77. The standard InChI is InChI=1S/C23H24N2OS/c26-23(22-8-4-16-27-22)24-14-3-5-18-9-11-21(12-10-18)25-15-13-19-6-1-2-7-20(19)17-25/h1-2,4,6-12,16H,3,5,13-15,17H2,(H,24,26). The highest BCUT2D eigenvalue weighted by Gasteiger charge is 2.15. The van der Waals surface area contributed by atoms with Crippen molar-refractivity contribution < 1.29 is 4.79 Å². The van der Waals surface area contributed by atoms with Crippen molar-refractivity contribution in [2.24, 2.45) is 0 Å². The van der Waals surface area contributed by atoms with Gasteiger partial charge in [-0.3, -0.25) is 4.79 Å². The Balaban J connectivity index is 1.26. The molecular formula is C23H24N2OS. The van der Waals surface area contributed by atoms with Crippen LogP contribution in [0.4, 0.5) is 5.69 Å². The lowest BCUT2D eigenvalue weighted by Gasteiger charge is -2.30. The minimum absolute atomic E-state index is 0.0331. The van der Waals surface area contributed by atoms with E-state index in [9.17, 15) is 4.79 Å². The fraction of sp³-hybridized carbons (Fsp3) is 0.261. The Morgan fingerprint density at radius 2 is 1.81 bits per heavy atom. The second kappa shape index (κ2) is 8.40. The van der Waals surface area contributed by atoms with E-state index in [-0.39, 0.29) is 5.91 Å². The molecule has 1 aromatic heterocycles. The number of thiophene rings is 1. The lowest BCUT2D eigenvalue weighted by Crippen LogP contribution is -2.30. The van der Waals surface area contributed by atoms with Gasteiger partial charge < -0.3 is 10.2 Å². The average Bonchev–Trinajstić information content (AvgIpc) is 3.26. The molecule has 0 aliphatic carbocycles. The highest BCUT2D eigenvalue weighted by molar-refractivity contribution is 7.12. The summed E-state index contributed by atoms with van der Waals surface area (Å²) in [4.78, 5) is 15.2. The van der Waals surface area contributed by atoms with Gasteiger partial charge in [-0.25, -0.2) is 0 Å². The average molecular weight is 377 g/mol. The first kappa shape index (κ1) is 17.8. The van der Waals surface area contributed by atoms with Crippen molar-refractivity contribution in [1.82, 2.24) is 5.32 Å². The Kier molecular flexibility index (Phi) is 5.54. The van der Waals surface area contributed by atoms with E-state index in [1.807, 2.05) is 17.5 Å². The van der Waals surface area contributed by atoms with Crippen LogP contribution in [0.1, 0.15) is 32.8 Å². The van der Waals surface area contributed by atoms with E-state index in [1.54, 1.807) is 0 Å². The molecule has 0 bridgehead atoms. The highest BCUT2D eigenvalue weighted by atomic mass is 32.1. The van der Waals surface area contributed by atoms with Gasteiger partial charge in [0.05, 0.1) is 4.88 Å². The lowest BCUT2D eigenvalue weighted by atomic mass is 9.99. The van der Waals surface area contributed by atoms with E-state index in [2.05, 4.69) is 58.7 Å². The van der Waals surface area contributed by atoms with Crippen LogP contribution in [0.5, 0.6) is 0 Å². The molecule has 1 aliphatic rings. The minimum atomic E-state index is 0.0331. The molecule has 1 N–H and O–H groups in total. The Hall–Kier alpha value is -2.59. The SMILES string of the molecule is O=C(NCCCc1ccc(N2CCc3ccccc3C2)cc1)c1cccs1. The van der Waals surface area contributed by atoms with Crippen molar-refractivity contribution >= 4 is 22.9 Å². The molecule has 4 rings (SSSR count). The number of fused-ring (bicyclic) bond motifs is 1. The third-order valence-corrected chi connectivity index (χ3v) is 5.97. The predicted molar refractivity (Wildman–Crippen MR) is 113 cm³/mol. The molecule has 3 aromatic rings. The number of hydrogen-bond donors (Lipinski definition) is 1. The molecule has 0 saturated carbocycles. The summed E-state index contributed by atoms with van der Waals surface area (Å²) in [5.41, 5.74) is 5.53. The molecule has 0 fully saturated rings. The number of rotatable bonds is 6. The lowest BCUT2D eigenvalue weighted by molar-refractivity contribution is 0.0957. The molecule has 0 unspecified atom stereocenters. The van der Waals surface area contributed by atoms with Crippen LogP contribution in [0.3, 0.4) is 0 Å². The van der Waals surface area contributed by atoms with Gasteiger partial charge in [0.2, 0.25) is 0 Å². The second-order valence-corrected chi connectivity index (χ2v) is 7.89. The summed E-state index contributed by atoms with van der Waals surface area (Å²) in [6, 6.07) is 21.4. The van der Waals surface area contributed by atoms with E-state index >= 15 is 0 Å². The first-order valence-corrected chi connectivity index (χ1v) is 10.4. The molecule has 0 saturated heterocycles. The Bertz CT molecular complexity index is 887. The number of hydrogen-bond acceptors (Lipinski definition) is 3. The van der Waals surface area contributed by atoms with E-state index in [0.29, 0.717) is 6.54 Å². The van der Waals surface area contributed by atoms with E-state index < -0.39 is 0 Å². The maximum Gasteiger partial charge on any atom is 0.261 e. The van der Waals surface area contributed by atoms with Crippen molar-refractivity contribution in [3.05, 3.63) is 87.6 Å². The summed E-state index contributed by atoms with van der Waals surface area (Å²) in [5, 5.41) is 4.92. The Morgan fingerprint density at radius 3 is 2.59 bits per heavy atom. The summed E-state index contributed by atoms with van der Waals surface area (Å²) < 4.78 is 0. The molecule has 3 nitrogen and oxygen atoms in total. The Labute approximate surface area is 164 Å². The van der Waals surface area contributed by atoms with Gasteiger partial charge >= 0.3 is 0 Å². The molecule has 2 heterocycles. The topological polar surface area (TPSA) is 32.3 Å². The van der Waals surface area contributed by atoms with Crippen molar-refractivity contribution in [2.75, 3.05) is 18.0 Å². The molecule has 1 amide bonds. The first-order valence-electron chi connectivity index (χ1n) is 9.52. The number of amides is 1. The third kappa shape index (κ3) is 4.40. The quantitative estimate of drug-likeness (QED) is 0.634. The fourth-order valence-corrected chi connectivity index (χ4v) is 4.22. The van der Waals surface area contributed by atoms with Gasteiger partial charge in [-0.15, -0.1) is 11.3 Å². The molecule has 0 atom stereocenters. The number of aryl methyl sites for hydroxylation is 1. The molecule has 138 valence electrons. The van der Waals surface area contributed by atoms with Crippen LogP contribution in [-0.4, -0.2) is 19.0 Å². The first-order chi connectivity index (χ1) is 13.3. The predicted octanol–water partition coefficient (Wildman–Crippen LogP) is 4.67. The molecule has 1 aliphatic heterocycles. The number of carbonyl (C=O) groups excluding carboxylic acids is 1. The zero-order valence-electron chi connectivity index (χ0n) is 15.4. The number of benzene rings is 2. The van der Waals surface area contributed by atoms with Crippen LogP contribution >= 0.6 is 11.3 Å². The van der Waals surface area contributed by atoms with Crippen LogP contribution < -0.4 is 10.2 Å². The normalized spacial score (nSPS) is 13.3. The third-order valence-electron chi connectivity index (χ3n) is 5.10. The smallest absolute Gasteiger partial charge is 0.261 e. The van der Waals surface area contributed by atoms with Crippen molar-refractivity contribution in [3.63, 3.8) is 0 Å². The second-order valence-electron chi connectivity index (χ2n) is 6.94. The van der Waals surface area contributed by atoms with Crippen molar-refractivity contribution in [1.29, 1.82) is 0 Å². The highest BCUT2D eigenvalue weighted by Crippen LogP contribution is 2.24. The van der Waals surface area contributed by atoms with Gasteiger partial charge in [-0.05, 0) is 59.5 Å². The van der Waals surface area contributed by atoms with Crippen molar-refractivity contribution in [2.45, 2.75) is 25.8 Å². The monoisotopic (exact) mass is 376 g/mol. The minimum Gasteiger partial charge on any atom is -0.367 e. The van der Waals surface area contributed by atoms with Gasteiger partial charge in [0.15, 0.2) is 0 Å². The van der Waals surface area contributed by atoms with Gasteiger partial charge in [-0.2, -0.15) is 0 Å². The van der Waals surface area contributed by atoms with Crippen molar-refractivity contribution in [3.8, 4) is 0 Å². The van der Waals surface area contributed by atoms with Crippen LogP contribution in [0.15, 0.2) is 66.0 Å². The fourth-order valence-electron chi connectivity index (χ4n) is 3.58. The van der Waals surface area contributed by atoms with Gasteiger partial charge in [0.1, 0.15) is 0 Å². The van der Waals surface area contributed by atoms with Gasteiger partial charge in [0, 0.05) is 25.3 Å². The largest absolute Gasteiger partial charge is 0.367 e. The van der Waals surface area contributed by atoms with E-state index in [4.69, 9.17) is 0 Å². The number of anilines is 1. The van der Waals surface area contributed by atoms with Gasteiger partial charge in [0.25, 0.3) is 5.91 Å². The number of nitrogens with zero attached hydrogens (tertiary/aromatic N) is 1. The molecule has 27 heavy (non-hydrogen) atoms. The summed E-state index contributed by atoms with van der Waals surface area (Å²) in [6.07, 6.45) is 3.04. The van der Waals surface area contributed by atoms with Crippen LogP contribution in [0.25, 0.3) is 0 Å². The van der Waals surface area contributed by atoms with Gasteiger partial charge in [-0.1, -0.05) is 42.5 Å². The van der Waals surface area contributed by atoms with Crippen LogP contribution in [0, 0.1) is 0 Å². The summed E-state index contributed by atoms with van der Waals surface area (Å²) in [7, 11) is 0. The molecular weight excluding hydrogens is 352 g/mol. The summed E-state index contributed by atoms with van der Waals surface area (Å²) in [5.74, 6) is 0.0331.